The normalized spacial score (nSPS) is 13.1. The smallest absolute Gasteiger partial charge is 0.251 e. The van der Waals surface area contributed by atoms with Crippen molar-refractivity contribution in [1.82, 2.24) is 26.3 Å². The van der Waals surface area contributed by atoms with Gasteiger partial charge in [0.2, 0.25) is 15.9 Å². The summed E-state index contributed by atoms with van der Waals surface area (Å²) in [7, 11) is -2.35. The molecule has 3 aromatic carbocycles. The number of nitrogens with two attached hydrogens (primary N) is 1. The number of hydrogen-bond donors (Lipinski definition) is 5. The molecule has 258 valence electrons. The van der Waals surface area contributed by atoms with Gasteiger partial charge in [-0.25, -0.2) is 8.42 Å². The molecule has 0 radical (unpaired) electrons. The largest absolute Gasteiger partial charge is 0.397 e. The second-order valence-corrected chi connectivity index (χ2v) is 13.9. The second kappa shape index (κ2) is 16.7. The molecule has 6 N–H and O–H groups in total. The molecule has 0 saturated heterocycles. The number of nitrogens with zero attached hydrogens (tertiary/aromatic N) is 2. The molecule has 49 heavy (non-hydrogen) atoms. The lowest BCUT2D eigenvalue weighted by molar-refractivity contribution is -0.122. The van der Waals surface area contributed by atoms with Crippen molar-refractivity contribution in [3.8, 4) is 0 Å². The third-order valence-corrected chi connectivity index (χ3v) is 9.17. The van der Waals surface area contributed by atoms with Crippen LogP contribution in [0.2, 0.25) is 0 Å². The van der Waals surface area contributed by atoms with Crippen LogP contribution in [0, 0.1) is 0 Å². The molecule has 0 saturated carbocycles. The number of carbonyl (C=O) groups is 3. The predicted molar refractivity (Wildman–Crippen MR) is 191 cm³/mol. The minimum absolute atomic E-state index is 0.102. The molecule has 12 nitrogen and oxygen atoms in total. The van der Waals surface area contributed by atoms with Gasteiger partial charge in [0, 0.05) is 30.8 Å². The third-order valence-electron chi connectivity index (χ3n) is 7.97. The quantitative estimate of drug-likeness (QED) is 0.127. The van der Waals surface area contributed by atoms with E-state index in [1.807, 2.05) is 67.6 Å². The van der Waals surface area contributed by atoms with Crippen LogP contribution in [0.25, 0.3) is 0 Å². The molecule has 1 aromatic heterocycles. The van der Waals surface area contributed by atoms with E-state index < -0.39 is 33.9 Å². The van der Waals surface area contributed by atoms with E-state index >= 15 is 0 Å². The van der Waals surface area contributed by atoms with Crippen LogP contribution in [0.5, 0.6) is 0 Å². The Balaban J connectivity index is 1.53. The van der Waals surface area contributed by atoms with Crippen molar-refractivity contribution in [1.29, 1.82) is 0 Å². The Morgan fingerprint density at radius 1 is 0.857 bits per heavy atom. The van der Waals surface area contributed by atoms with Gasteiger partial charge in [-0.15, -0.1) is 0 Å². The number of nitrogen functional groups attached to an aromatic ring is 1. The molecule has 0 spiro atoms. The van der Waals surface area contributed by atoms with Crippen molar-refractivity contribution in [2.45, 2.75) is 44.9 Å². The van der Waals surface area contributed by atoms with Crippen molar-refractivity contribution in [3.05, 3.63) is 125 Å². The van der Waals surface area contributed by atoms with E-state index in [9.17, 15) is 22.8 Å². The molecule has 0 aliphatic heterocycles. The number of pyridine rings is 1. The van der Waals surface area contributed by atoms with Gasteiger partial charge in [0.1, 0.15) is 0 Å². The van der Waals surface area contributed by atoms with Gasteiger partial charge in [0.25, 0.3) is 11.8 Å². The predicted octanol–water partition coefficient (Wildman–Crippen LogP) is 3.19. The first kappa shape index (κ1) is 36.6. The van der Waals surface area contributed by atoms with Crippen LogP contribution in [0.3, 0.4) is 0 Å². The highest BCUT2D eigenvalue weighted by Gasteiger charge is 2.23. The van der Waals surface area contributed by atoms with E-state index in [1.165, 1.54) is 31.4 Å². The molecule has 4 rings (SSSR count). The van der Waals surface area contributed by atoms with Crippen LogP contribution in [-0.2, 0) is 27.8 Å². The number of benzene rings is 3. The zero-order valence-corrected chi connectivity index (χ0v) is 28.8. The average Bonchev–Trinajstić information content (AvgIpc) is 3.09. The molecule has 3 amide bonds. The zero-order chi connectivity index (χ0) is 35.6. The summed E-state index contributed by atoms with van der Waals surface area (Å²) in [4.78, 5) is 44.3. The number of aromatic nitrogens is 1. The van der Waals surface area contributed by atoms with Gasteiger partial charge in [-0.2, -0.15) is 0 Å². The molecular weight excluding hydrogens is 643 g/mol. The highest BCUT2D eigenvalue weighted by molar-refractivity contribution is 7.92. The maximum Gasteiger partial charge on any atom is 0.251 e. The number of nitrogens with one attached hydrogen (secondary N) is 4. The van der Waals surface area contributed by atoms with E-state index in [-0.39, 0.29) is 41.9 Å². The van der Waals surface area contributed by atoms with Crippen molar-refractivity contribution >= 4 is 39.1 Å². The molecular formula is C36H43N7O5S. The molecule has 0 bridgehead atoms. The summed E-state index contributed by atoms with van der Waals surface area (Å²) in [5, 5.41) is 12.0. The fourth-order valence-corrected chi connectivity index (χ4v) is 5.46. The Morgan fingerprint density at radius 3 is 2.06 bits per heavy atom. The Hall–Kier alpha value is -5.27. The van der Waals surface area contributed by atoms with Gasteiger partial charge in [-0.3, -0.25) is 23.7 Å². The van der Waals surface area contributed by atoms with Crippen molar-refractivity contribution in [3.63, 3.8) is 0 Å². The lowest BCUT2D eigenvalue weighted by atomic mass is 10.0. The molecule has 1 heterocycles. The Morgan fingerprint density at radius 2 is 1.47 bits per heavy atom. The topological polar surface area (TPSA) is 176 Å². The monoisotopic (exact) mass is 685 g/mol. The zero-order valence-electron chi connectivity index (χ0n) is 28.0. The van der Waals surface area contributed by atoms with Gasteiger partial charge in [0.05, 0.1) is 48.1 Å². The van der Waals surface area contributed by atoms with Crippen LogP contribution in [0.1, 0.15) is 57.4 Å². The van der Waals surface area contributed by atoms with Crippen LogP contribution in [0.15, 0.2) is 97.2 Å². The van der Waals surface area contributed by atoms with Crippen LogP contribution in [0.4, 0.5) is 11.4 Å². The maximum absolute atomic E-state index is 13.8. The number of sulfonamides is 1. The molecule has 0 aliphatic rings. The van der Waals surface area contributed by atoms with E-state index in [0.717, 1.165) is 21.7 Å². The Bertz CT molecular complexity index is 1840. The number of hydrogen-bond acceptors (Lipinski definition) is 8. The number of anilines is 2. The molecule has 0 unspecified atom stereocenters. The Kier molecular flexibility index (Phi) is 12.5. The standard InChI is InChI=1S/C36H43N7O5S/c1-24(27-13-9-6-10-14-27)41-35(45)28-18-29(20-33(19-28)43(3)49(4,47)48)36(46)42-32(17-26-11-7-5-8-12-26)23-38-25(2)34(44)40-22-31-16-15-30(37)21-39-31/h5-16,18-21,24-25,32,38H,17,22-23,37H2,1-4H3,(H,40,44)(H,41,45)(H,42,46)/t24-,25+,32+/m1/s1. The Labute approximate surface area is 287 Å². The summed E-state index contributed by atoms with van der Waals surface area (Å²) >= 11 is 0. The van der Waals surface area contributed by atoms with E-state index in [1.54, 1.807) is 19.1 Å². The number of amides is 3. The van der Waals surface area contributed by atoms with Gasteiger partial charge in [-0.05, 0) is 61.7 Å². The summed E-state index contributed by atoms with van der Waals surface area (Å²) in [6, 6.07) is 25.3. The first-order chi connectivity index (χ1) is 23.3. The minimum Gasteiger partial charge on any atom is -0.397 e. The third kappa shape index (κ3) is 10.9. The summed E-state index contributed by atoms with van der Waals surface area (Å²) < 4.78 is 25.9. The number of carbonyl (C=O) groups excluding carboxylic acids is 3. The van der Waals surface area contributed by atoms with Crippen LogP contribution >= 0.6 is 0 Å². The highest BCUT2D eigenvalue weighted by Crippen LogP contribution is 2.22. The van der Waals surface area contributed by atoms with E-state index in [4.69, 9.17) is 5.73 Å². The summed E-state index contributed by atoms with van der Waals surface area (Å²) in [6.07, 6.45) is 3.01. The summed E-state index contributed by atoms with van der Waals surface area (Å²) in [6.45, 7) is 4.03. The van der Waals surface area contributed by atoms with Gasteiger partial charge >= 0.3 is 0 Å². The molecule has 4 aromatic rings. The SMILES string of the molecule is C[C@H](NC[C@H](Cc1ccccc1)NC(=O)c1cc(C(=O)N[C@H](C)c2ccccc2)cc(N(C)S(C)(=O)=O)c1)C(=O)NCc1ccc(N)cn1. The van der Waals surface area contributed by atoms with Gasteiger partial charge in [-0.1, -0.05) is 60.7 Å². The fraction of sp³-hybridized carbons (Fsp3) is 0.278. The van der Waals surface area contributed by atoms with Crippen molar-refractivity contribution < 1.29 is 22.8 Å². The van der Waals surface area contributed by atoms with Crippen LogP contribution in [-0.4, -0.2) is 63.1 Å². The van der Waals surface area contributed by atoms with Crippen LogP contribution < -0.4 is 31.3 Å². The molecule has 0 aliphatic carbocycles. The lowest BCUT2D eigenvalue weighted by Gasteiger charge is -2.23. The first-order valence-electron chi connectivity index (χ1n) is 15.8. The second-order valence-electron chi connectivity index (χ2n) is 11.9. The highest BCUT2D eigenvalue weighted by atomic mass is 32.2. The van der Waals surface area contributed by atoms with Crippen molar-refractivity contribution in [2.75, 3.05) is 29.9 Å². The average molecular weight is 686 g/mol. The summed E-state index contributed by atoms with van der Waals surface area (Å²) in [5.74, 6) is -1.23. The lowest BCUT2D eigenvalue weighted by Crippen LogP contribution is -2.49. The van der Waals surface area contributed by atoms with Gasteiger partial charge in [0.15, 0.2) is 0 Å². The fourth-order valence-electron chi connectivity index (χ4n) is 4.98. The maximum atomic E-state index is 13.8. The minimum atomic E-state index is -3.71. The molecule has 0 fully saturated rings. The first-order valence-corrected chi connectivity index (χ1v) is 17.7. The molecule has 3 atom stereocenters. The summed E-state index contributed by atoms with van der Waals surface area (Å²) in [5.41, 5.74) is 9.11. The van der Waals surface area contributed by atoms with Gasteiger partial charge < -0.3 is 27.0 Å². The van der Waals surface area contributed by atoms with E-state index in [2.05, 4.69) is 26.3 Å². The number of rotatable bonds is 15. The molecule has 13 heteroatoms. The van der Waals surface area contributed by atoms with E-state index in [0.29, 0.717) is 17.8 Å². The van der Waals surface area contributed by atoms with Crippen molar-refractivity contribution in [2.24, 2.45) is 0 Å².